The quantitative estimate of drug-likeness (QED) is 0.126. The Morgan fingerprint density at radius 3 is 1.57 bits per heavy atom. The van der Waals surface area contributed by atoms with E-state index in [-0.39, 0.29) is 45.6 Å². The van der Waals surface area contributed by atoms with E-state index in [4.69, 9.17) is 47.3 Å². The lowest BCUT2D eigenvalue weighted by molar-refractivity contribution is 0.0692. The summed E-state index contributed by atoms with van der Waals surface area (Å²) in [6.45, 7) is 0. The molecule has 0 bridgehead atoms. The van der Waals surface area contributed by atoms with Crippen molar-refractivity contribution in [2.75, 3.05) is 39.1 Å². The summed E-state index contributed by atoms with van der Waals surface area (Å²) in [5.74, 6) is -1.84. The molecular formula is C26H26Cl2N12O12S2. The second kappa shape index (κ2) is 16.6. The van der Waals surface area contributed by atoms with Crippen LogP contribution in [0.2, 0.25) is 10.3 Å². The summed E-state index contributed by atoms with van der Waals surface area (Å²) in [6.07, 6.45) is 1.46. The van der Waals surface area contributed by atoms with Crippen LogP contribution in [0.5, 0.6) is 23.5 Å². The van der Waals surface area contributed by atoms with Crippen molar-refractivity contribution >= 4 is 78.8 Å². The van der Waals surface area contributed by atoms with Crippen LogP contribution < -0.4 is 39.0 Å². The van der Waals surface area contributed by atoms with Gasteiger partial charge in [0, 0.05) is 13.2 Å². The maximum Gasteiger partial charge on any atom is 0.341 e. The highest BCUT2D eigenvalue weighted by Gasteiger charge is 2.32. The molecule has 0 atom stereocenters. The van der Waals surface area contributed by atoms with E-state index in [1.807, 2.05) is 4.72 Å². The normalized spacial score (nSPS) is 11.1. The summed E-state index contributed by atoms with van der Waals surface area (Å²) >= 11 is 11.6. The number of aromatic nitrogens is 8. The third-order valence-corrected chi connectivity index (χ3v) is 9.65. The van der Waals surface area contributed by atoms with Crippen molar-refractivity contribution in [3.63, 3.8) is 0 Å². The van der Waals surface area contributed by atoms with E-state index in [0.29, 0.717) is 10.3 Å². The number of anilines is 2. The molecule has 5 N–H and O–H groups in total. The maximum atomic E-state index is 12.6. The van der Waals surface area contributed by atoms with Gasteiger partial charge in [0.1, 0.15) is 11.2 Å². The molecule has 5 aromatic heterocycles. The fourth-order valence-corrected chi connectivity index (χ4v) is 7.21. The monoisotopic (exact) mass is 832 g/mol. The van der Waals surface area contributed by atoms with Crippen molar-refractivity contribution in [1.82, 2.24) is 48.5 Å². The number of methoxy groups -OCH3 is 4. The van der Waals surface area contributed by atoms with Crippen molar-refractivity contribution in [3.05, 3.63) is 52.4 Å². The first-order valence-corrected chi connectivity index (χ1v) is 17.8. The van der Waals surface area contributed by atoms with E-state index in [2.05, 4.69) is 40.7 Å². The highest BCUT2D eigenvalue weighted by molar-refractivity contribution is 7.90. The number of carboxylic acids is 1. The number of halogens is 2. The minimum atomic E-state index is -4.64. The molecule has 0 saturated carbocycles. The number of aromatic carboxylic acids is 1. The van der Waals surface area contributed by atoms with E-state index >= 15 is 0 Å². The minimum Gasteiger partial charge on any atom is -0.481 e. The molecule has 5 heterocycles. The van der Waals surface area contributed by atoms with Gasteiger partial charge in [-0.2, -0.15) is 41.9 Å². The second-order valence-corrected chi connectivity index (χ2v) is 13.6. The number of carboxylic acid groups (broad SMARTS) is 1. The first-order chi connectivity index (χ1) is 25.4. The number of fused-ring (bicyclic) bond motifs is 1. The van der Waals surface area contributed by atoms with Crippen molar-refractivity contribution in [3.8, 4) is 23.5 Å². The molecule has 288 valence electrons. The average Bonchev–Trinajstić information content (AvgIpc) is 3.62. The number of ether oxygens (including phenoxy) is 4. The number of sulfonamides is 2. The molecule has 24 nitrogen and oxygen atoms in total. The number of rotatable bonds is 11. The highest BCUT2D eigenvalue weighted by Crippen LogP contribution is 2.24. The van der Waals surface area contributed by atoms with Gasteiger partial charge in [-0.3, -0.25) is 19.7 Å². The summed E-state index contributed by atoms with van der Waals surface area (Å²) in [4.78, 5) is 54.7. The van der Waals surface area contributed by atoms with Gasteiger partial charge in [0.2, 0.25) is 35.4 Å². The van der Waals surface area contributed by atoms with Gasteiger partial charge in [-0.1, -0.05) is 29.3 Å². The Hall–Kier alpha value is -6.25. The number of carbonyl (C=O) groups excluding carboxylic acids is 2. The molecule has 54 heavy (non-hydrogen) atoms. The predicted molar refractivity (Wildman–Crippen MR) is 184 cm³/mol. The fraction of sp³-hybridized carbons (Fsp3) is 0.192. The summed E-state index contributed by atoms with van der Waals surface area (Å²) in [5, 5.41) is 14.9. The molecule has 0 fully saturated rings. The van der Waals surface area contributed by atoms with Gasteiger partial charge in [0.05, 0.1) is 40.6 Å². The molecule has 0 radical (unpaired) electrons. The second-order valence-electron chi connectivity index (χ2n) is 9.71. The van der Waals surface area contributed by atoms with Crippen molar-refractivity contribution < 1.29 is 55.3 Å². The molecule has 0 unspecified atom stereocenters. The topological polar surface area (TPSA) is 311 Å². The molecule has 0 saturated heterocycles. The lowest BCUT2D eigenvalue weighted by Gasteiger charge is -2.10. The molecule has 0 aromatic carbocycles. The molecule has 0 aliphatic carbocycles. The van der Waals surface area contributed by atoms with Crippen molar-refractivity contribution in [2.45, 2.75) is 10.1 Å². The zero-order valence-corrected chi connectivity index (χ0v) is 31.2. The predicted octanol–water partition coefficient (Wildman–Crippen LogP) is 1.39. The number of imidazole rings is 1. The molecule has 4 amide bonds. The molecule has 28 heteroatoms. The molecule has 0 spiro atoms. The number of pyridine rings is 1. The molecule has 0 aliphatic heterocycles. The number of urea groups is 2. The van der Waals surface area contributed by atoms with Crippen LogP contribution in [0.25, 0.3) is 5.65 Å². The average molecular weight is 834 g/mol. The Labute approximate surface area is 313 Å². The Morgan fingerprint density at radius 1 is 0.704 bits per heavy atom. The van der Waals surface area contributed by atoms with Crippen molar-refractivity contribution in [1.29, 1.82) is 0 Å². The van der Waals surface area contributed by atoms with Gasteiger partial charge in [0.15, 0.2) is 20.4 Å². The van der Waals surface area contributed by atoms with E-state index in [9.17, 15) is 31.2 Å². The number of nitrogens with zero attached hydrogens (tertiary/aromatic N) is 8. The Balaban J connectivity index is 0.000000241. The number of amides is 4. The number of hydrogen-bond donors (Lipinski definition) is 5. The van der Waals surface area contributed by atoms with Crippen LogP contribution in [0.15, 0.2) is 46.6 Å². The third-order valence-electron chi connectivity index (χ3n) is 6.22. The van der Waals surface area contributed by atoms with Crippen LogP contribution in [0, 0.1) is 0 Å². The Morgan fingerprint density at radius 2 is 1.15 bits per heavy atom. The van der Waals surface area contributed by atoms with Crippen LogP contribution in [0.3, 0.4) is 0 Å². The van der Waals surface area contributed by atoms with Crippen LogP contribution in [-0.4, -0.2) is 108 Å². The van der Waals surface area contributed by atoms with Crippen LogP contribution in [0.1, 0.15) is 10.4 Å². The van der Waals surface area contributed by atoms with Gasteiger partial charge in [0.25, 0.3) is 20.0 Å². The van der Waals surface area contributed by atoms with Crippen LogP contribution in [-0.2, 0) is 27.1 Å². The highest BCUT2D eigenvalue weighted by atomic mass is 35.5. The Kier molecular flexibility index (Phi) is 12.5. The van der Waals surface area contributed by atoms with Crippen LogP contribution in [0.4, 0.5) is 21.5 Å². The number of nitrogens with one attached hydrogen (secondary N) is 4. The van der Waals surface area contributed by atoms with Gasteiger partial charge in [-0.15, -0.1) is 0 Å². The number of aryl methyl sites for hydroxylation is 1. The SMILES string of the molecule is COc1cc(OC)nc(NC(=O)NS(=O)(=O)c2c(C(=O)O)c(Cl)nn2C)n1.COc1cc(OC)nc(NC(=O)NS(=O)(=O)c2c(Cl)nc3ccccn23)n1. The van der Waals surface area contributed by atoms with Gasteiger partial charge < -0.3 is 24.1 Å². The van der Waals surface area contributed by atoms with Gasteiger partial charge in [-0.05, 0) is 12.1 Å². The molecular weight excluding hydrogens is 807 g/mol. The van der Waals surface area contributed by atoms with E-state index in [1.54, 1.807) is 22.9 Å². The standard InChI is InChI=1S/C14H13ClN6O5S.C12H13ClN6O7S/c1-25-9-7-10(26-2)18-13(17-9)19-14(22)20-27(23,24)12-11(15)16-8-5-3-4-6-21(8)12;1-19-9(7(10(20)21)8(13)17-19)27(23,24)18-12(22)16-11-14-5(25-2)4-6(15-11)26-3/h3-7H,1-2H3,(H2,17,18,19,20,22);4H,1-3H3,(H,20,21)(H2,14,15,16,18,22). The summed E-state index contributed by atoms with van der Waals surface area (Å²) in [6, 6.07) is 5.19. The van der Waals surface area contributed by atoms with E-state index in [1.165, 1.54) is 51.2 Å². The molecule has 5 rings (SSSR count). The zero-order valence-electron chi connectivity index (χ0n) is 28.1. The number of carbonyl (C=O) groups is 3. The smallest absolute Gasteiger partial charge is 0.341 e. The van der Waals surface area contributed by atoms with Gasteiger partial charge >= 0.3 is 18.0 Å². The minimum absolute atomic E-state index is 0.0478. The van der Waals surface area contributed by atoms with E-state index < -0.39 is 53.8 Å². The van der Waals surface area contributed by atoms with Gasteiger partial charge in [-0.25, -0.2) is 28.8 Å². The Bertz CT molecular complexity index is 2420. The maximum absolute atomic E-state index is 12.6. The van der Waals surface area contributed by atoms with Crippen molar-refractivity contribution in [2.24, 2.45) is 7.05 Å². The van der Waals surface area contributed by atoms with E-state index in [0.717, 1.165) is 7.05 Å². The fourth-order valence-electron chi connectivity index (χ4n) is 4.08. The molecule has 5 aromatic rings. The third kappa shape index (κ3) is 9.40. The first kappa shape index (κ1) is 40.5. The van der Waals surface area contributed by atoms with Crippen LogP contribution >= 0.6 is 23.2 Å². The lowest BCUT2D eigenvalue weighted by atomic mass is 10.4. The first-order valence-electron chi connectivity index (χ1n) is 14.1. The lowest BCUT2D eigenvalue weighted by Crippen LogP contribution is -2.36. The molecule has 0 aliphatic rings. The summed E-state index contributed by atoms with van der Waals surface area (Å²) in [5.41, 5.74) is -0.470. The summed E-state index contributed by atoms with van der Waals surface area (Å²) < 4.78 is 75.0. The number of hydrogen-bond acceptors (Lipinski definition) is 17. The summed E-state index contributed by atoms with van der Waals surface area (Å²) in [7, 11) is -2.47. The zero-order chi connectivity index (χ0) is 40.0. The largest absolute Gasteiger partial charge is 0.481 e.